The van der Waals surface area contributed by atoms with Crippen LogP contribution in [0.5, 0.6) is 0 Å². The van der Waals surface area contributed by atoms with Gasteiger partial charge in [0.1, 0.15) is 5.60 Å². The van der Waals surface area contributed by atoms with Gasteiger partial charge in [0.25, 0.3) is 0 Å². The van der Waals surface area contributed by atoms with E-state index < -0.39 is 17.0 Å². The van der Waals surface area contributed by atoms with Gasteiger partial charge in [-0.25, -0.2) is 0 Å². The predicted molar refractivity (Wildman–Crippen MR) is 87.0 cm³/mol. The van der Waals surface area contributed by atoms with Crippen LogP contribution < -0.4 is 0 Å². The smallest absolute Gasteiger partial charge is 0.326 e. The highest BCUT2D eigenvalue weighted by molar-refractivity contribution is 5.79. The number of ether oxygens (including phenoxy) is 1. The number of benzene rings is 1. The van der Waals surface area contributed by atoms with Crippen molar-refractivity contribution in [3.05, 3.63) is 35.9 Å². The summed E-state index contributed by atoms with van der Waals surface area (Å²) < 4.78 is 5.36. The molecule has 1 rings (SSSR count). The minimum Gasteiger partial charge on any atom is -0.459 e. The van der Waals surface area contributed by atoms with Crippen molar-refractivity contribution in [2.45, 2.75) is 46.3 Å². The number of hydrogen-bond donors (Lipinski definition) is 0. The summed E-state index contributed by atoms with van der Waals surface area (Å²) >= 11 is 0. The van der Waals surface area contributed by atoms with E-state index in [1.807, 2.05) is 46.0 Å². The Hall–Kier alpha value is -1.86. The molecule has 4 nitrogen and oxygen atoms in total. The van der Waals surface area contributed by atoms with E-state index in [1.54, 1.807) is 6.92 Å². The Morgan fingerprint density at radius 3 is 2.32 bits per heavy atom. The zero-order valence-corrected chi connectivity index (χ0v) is 14.2. The summed E-state index contributed by atoms with van der Waals surface area (Å²) in [6.45, 7) is 8.52. The first-order valence-electron chi connectivity index (χ1n) is 7.53. The molecular formula is C18H26N2O2. The van der Waals surface area contributed by atoms with Gasteiger partial charge in [0.15, 0.2) is 5.41 Å². The third-order valence-corrected chi connectivity index (χ3v) is 3.39. The summed E-state index contributed by atoms with van der Waals surface area (Å²) in [6.07, 6.45) is 0.446. The molecule has 0 aliphatic rings. The average Bonchev–Trinajstić information content (AvgIpc) is 2.44. The Kier molecular flexibility index (Phi) is 6.13. The molecule has 0 saturated carbocycles. The Morgan fingerprint density at radius 1 is 1.23 bits per heavy atom. The summed E-state index contributed by atoms with van der Waals surface area (Å²) in [4.78, 5) is 14.3. The summed E-state index contributed by atoms with van der Waals surface area (Å²) in [5.74, 6) is -0.449. The maximum Gasteiger partial charge on any atom is 0.326 e. The number of carbonyl (C=O) groups excluding carboxylic acids is 1. The largest absolute Gasteiger partial charge is 0.459 e. The minimum absolute atomic E-state index is 0.446. The molecule has 4 heteroatoms. The Morgan fingerprint density at radius 2 is 1.82 bits per heavy atom. The molecule has 1 atom stereocenters. The van der Waals surface area contributed by atoms with Crippen LogP contribution in [-0.2, 0) is 16.1 Å². The highest BCUT2D eigenvalue weighted by atomic mass is 16.6. The molecule has 0 amide bonds. The Labute approximate surface area is 133 Å². The number of carbonyl (C=O) groups is 1. The molecule has 0 spiro atoms. The van der Waals surface area contributed by atoms with Crippen LogP contribution in [0.15, 0.2) is 30.3 Å². The number of nitriles is 1. The molecule has 120 valence electrons. The van der Waals surface area contributed by atoms with Gasteiger partial charge in [-0.05, 0) is 46.7 Å². The van der Waals surface area contributed by atoms with E-state index in [-0.39, 0.29) is 0 Å². The van der Waals surface area contributed by atoms with Crippen molar-refractivity contribution in [1.29, 1.82) is 5.26 Å². The van der Waals surface area contributed by atoms with E-state index in [9.17, 15) is 10.1 Å². The summed E-state index contributed by atoms with van der Waals surface area (Å²) in [5.41, 5.74) is -0.482. The van der Waals surface area contributed by atoms with Gasteiger partial charge in [-0.3, -0.25) is 4.79 Å². The van der Waals surface area contributed by atoms with Gasteiger partial charge in [0, 0.05) is 13.1 Å². The SMILES string of the molecule is CN(CCC(C)(C#N)C(=O)OC(C)(C)C)Cc1ccccc1. The standard InChI is InChI=1S/C18H26N2O2/c1-17(2,3)22-16(21)18(4,14-19)11-12-20(5)13-15-9-7-6-8-10-15/h6-10H,11-13H2,1-5H3. The molecule has 1 unspecified atom stereocenters. The molecule has 0 bridgehead atoms. The van der Waals surface area contributed by atoms with Crippen LogP contribution in [0.1, 0.15) is 39.7 Å². The van der Waals surface area contributed by atoms with Gasteiger partial charge >= 0.3 is 5.97 Å². The first-order chi connectivity index (χ1) is 10.2. The van der Waals surface area contributed by atoms with Gasteiger partial charge < -0.3 is 9.64 Å². The molecule has 0 aliphatic heterocycles. The molecule has 22 heavy (non-hydrogen) atoms. The molecule has 0 heterocycles. The van der Waals surface area contributed by atoms with Gasteiger partial charge in [0.2, 0.25) is 0 Å². The second kappa shape index (κ2) is 7.42. The molecule has 0 saturated heterocycles. The van der Waals surface area contributed by atoms with Gasteiger partial charge in [-0.2, -0.15) is 5.26 Å². The Bertz CT molecular complexity index is 528. The van der Waals surface area contributed by atoms with E-state index in [1.165, 1.54) is 5.56 Å². The van der Waals surface area contributed by atoms with Crippen LogP contribution in [0.3, 0.4) is 0 Å². The van der Waals surface area contributed by atoms with Crippen molar-refractivity contribution in [2.75, 3.05) is 13.6 Å². The third-order valence-electron chi connectivity index (χ3n) is 3.39. The van der Waals surface area contributed by atoms with E-state index in [0.717, 1.165) is 6.54 Å². The number of rotatable bonds is 6. The molecule has 0 N–H and O–H groups in total. The number of esters is 1. The van der Waals surface area contributed by atoms with Gasteiger partial charge in [0.05, 0.1) is 6.07 Å². The zero-order valence-electron chi connectivity index (χ0n) is 14.2. The molecule has 1 aromatic carbocycles. The average molecular weight is 302 g/mol. The second-order valence-electron chi connectivity index (χ2n) is 6.92. The molecule has 0 aromatic heterocycles. The quantitative estimate of drug-likeness (QED) is 0.756. The van der Waals surface area contributed by atoms with E-state index in [2.05, 4.69) is 23.1 Å². The highest BCUT2D eigenvalue weighted by Crippen LogP contribution is 2.25. The van der Waals surface area contributed by atoms with Crippen molar-refractivity contribution in [3.63, 3.8) is 0 Å². The lowest BCUT2D eigenvalue weighted by Gasteiger charge is -2.28. The maximum atomic E-state index is 12.2. The monoisotopic (exact) mass is 302 g/mol. The minimum atomic E-state index is -1.11. The van der Waals surface area contributed by atoms with Crippen molar-refractivity contribution < 1.29 is 9.53 Å². The second-order valence-corrected chi connectivity index (χ2v) is 6.92. The van der Waals surface area contributed by atoms with Crippen molar-refractivity contribution >= 4 is 5.97 Å². The predicted octanol–water partition coefficient (Wildman–Crippen LogP) is 3.38. The fourth-order valence-electron chi connectivity index (χ4n) is 1.98. The zero-order chi connectivity index (χ0) is 16.8. The van der Waals surface area contributed by atoms with E-state index in [4.69, 9.17) is 4.74 Å². The first-order valence-corrected chi connectivity index (χ1v) is 7.53. The van der Waals surface area contributed by atoms with Crippen LogP contribution in [0, 0.1) is 16.7 Å². The van der Waals surface area contributed by atoms with Crippen LogP contribution in [0.2, 0.25) is 0 Å². The van der Waals surface area contributed by atoms with Crippen LogP contribution >= 0.6 is 0 Å². The summed E-state index contributed by atoms with van der Waals surface area (Å²) in [6, 6.07) is 12.2. The fraction of sp³-hybridized carbons (Fsp3) is 0.556. The van der Waals surface area contributed by atoms with Crippen LogP contribution in [0.4, 0.5) is 0 Å². The lowest BCUT2D eigenvalue weighted by molar-refractivity contribution is -0.163. The lowest BCUT2D eigenvalue weighted by atomic mass is 9.88. The Balaban J connectivity index is 2.59. The van der Waals surface area contributed by atoms with E-state index >= 15 is 0 Å². The molecular weight excluding hydrogens is 276 g/mol. The van der Waals surface area contributed by atoms with Gasteiger partial charge in [-0.1, -0.05) is 30.3 Å². The summed E-state index contributed by atoms with van der Waals surface area (Å²) in [5, 5.41) is 9.39. The highest BCUT2D eigenvalue weighted by Gasteiger charge is 2.37. The molecule has 1 aromatic rings. The van der Waals surface area contributed by atoms with Gasteiger partial charge in [-0.15, -0.1) is 0 Å². The molecule has 0 fully saturated rings. The van der Waals surface area contributed by atoms with Crippen molar-refractivity contribution in [2.24, 2.45) is 5.41 Å². The molecule has 0 radical (unpaired) electrons. The molecule has 0 aliphatic carbocycles. The van der Waals surface area contributed by atoms with Crippen LogP contribution in [0.25, 0.3) is 0 Å². The van der Waals surface area contributed by atoms with Crippen molar-refractivity contribution in [1.82, 2.24) is 4.90 Å². The fourth-order valence-corrected chi connectivity index (χ4v) is 1.98. The maximum absolute atomic E-state index is 12.2. The third kappa shape index (κ3) is 5.87. The van der Waals surface area contributed by atoms with Crippen molar-refractivity contribution in [3.8, 4) is 6.07 Å². The first kappa shape index (κ1) is 18.2. The van der Waals surface area contributed by atoms with Crippen LogP contribution in [-0.4, -0.2) is 30.1 Å². The number of hydrogen-bond acceptors (Lipinski definition) is 4. The van der Waals surface area contributed by atoms with E-state index in [0.29, 0.717) is 13.0 Å². The number of nitrogens with zero attached hydrogens (tertiary/aromatic N) is 2. The summed E-state index contributed by atoms with van der Waals surface area (Å²) in [7, 11) is 1.99. The topological polar surface area (TPSA) is 53.3 Å². The lowest BCUT2D eigenvalue weighted by Crippen LogP contribution is -2.37. The normalized spacial score (nSPS) is 14.2.